The number of nitrogens with zero attached hydrogens (tertiary/aromatic N) is 2. The Kier molecular flexibility index (Phi) is 4.46. The highest BCUT2D eigenvalue weighted by atomic mass is 16.5. The first-order valence-electron chi connectivity index (χ1n) is 10.5. The second-order valence-corrected chi connectivity index (χ2v) is 8.86. The summed E-state index contributed by atoms with van der Waals surface area (Å²) in [5.74, 6) is 1.50. The molecule has 2 N–H and O–H groups in total. The molecule has 3 fully saturated rings. The number of aliphatic carboxylic acids is 1. The van der Waals surface area contributed by atoms with Crippen LogP contribution in [0.3, 0.4) is 0 Å². The van der Waals surface area contributed by atoms with E-state index >= 15 is 0 Å². The van der Waals surface area contributed by atoms with Crippen LogP contribution in [-0.4, -0.2) is 33.8 Å². The minimum Gasteiger partial charge on any atom is -0.481 e. The zero-order valence-corrected chi connectivity index (χ0v) is 16.0. The first-order chi connectivity index (χ1) is 13.6. The van der Waals surface area contributed by atoms with Crippen LogP contribution in [0, 0.1) is 5.92 Å². The highest BCUT2D eigenvalue weighted by Crippen LogP contribution is 2.48. The van der Waals surface area contributed by atoms with Crippen LogP contribution in [0.2, 0.25) is 0 Å². The van der Waals surface area contributed by atoms with Crippen LogP contribution in [-0.2, 0) is 10.2 Å². The minimum absolute atomic E-state index is 0.0316. The van der Waals surface area contributed by atoms with Gasteiger partial charge in [0.1, 0.15) is 0 Å². The highest BCUT2D eigenvalue weighted by molar-refractivity contribution is 5.70. The fourth-order valence-corrected chi connectivity index (χ4v) is 4.65. The van der Waals surface area contributed by atoms with Gasteiger partial charge >= 0.3 is 5.97 Å². The van der Waals surface area contributed by atoms with E-state index in [2.05, 4.69) is 40.8 Å². The summed E-state index contributed by atoms with van der Waals surface area (Å²) >= 11 is 0. The quantitative estimate of drug-likeness (QED) is 0.762. The third-order valence-electron chi connectivity index (χ3n) is 6.92. The third-order valence-corrected chi connectivity index (χ3v) is 6.92. The number of hydrogen-bond donors (Lipinski definition) is 2. The molecule has 0 spiro atoms. The molecule has 0 saturated heterocycles. The van der Waals surface area contributed by atoms with Crippen molar-refractivity contribution >= 4 is 5.97 Å². The number of rotatable bonds is 7. The Bertz CT molecular complexity index is 838. The molecule has 1 unspecified atom stereocenters. The molecule has 1 heterocycles. The normalized spacial score (nSPS) is 30.7. The Balaban J connectivity index is 1.17. The van der Waals surface area contributed by atoms with E-state index in [1.165, 1.54) is 12.0 Å². The average molecular weight is 381 g/mol. The molecule has 1 aromatic heterocycles. The molecule has 3 aliphatic carbocycles. The van der Waals surface area contributed by atoms with Crippen LogP contribution < -0.4 is 5.32 Å². The summed E-state index contributed by atoms with van der Waals surface area (Å²) in [6.45, 7) is 0.908. The summed E-state index contributed by atoms with van der Waals surface area (Å²) in [5, 5.41) is 17.2. The van der Waals surface area contributed by atoms with Gasteiger partial charge < -0.3 is 14.9 Å². The van der Waals surface area contributed by atoms with Gasteiger partial charge in [0.15, 0.2) is 5.82 Å². The summed E-state index contributed by atoms with van der Waals surface area (Å²) < 4.78 is 5.60. The van der Waals surface area contributed by atoms with Crippen LogP contribution >= 0.6 is 0 Å². The molecule has 0 bridgehead atoms. The van der Waals surface area contributed by atoms with E-state index in [9.17, 15) is 4.79 Å². The van der Waals surface area contributed by atoms with Gasteiger partial charge in [-0.1, -0.05) is 35.5 Å². The molecule has 6 heteroatoms. The second-order valence-electron chi connectivity index (χ2n) is 8.86. The van der Waals surface area contributed by atoms with E-state index in [4.69, 9.17) is 14.6 Å². The molecule has 0 radical (unpaired) electrons. The number of carboxylic acids is 1. The Labute approximate surface area is 164 Å². The number of carbonyl (C=O) groups is 1. The average Bonchev–Trinajstić information content (AvgIpc) is 3.64. The van der Waals surface area contributed by atoms with Crippen molar-refractivity contribution < 1.29 is 14.4 Å². The third kappa shape index (κ3) is 3.46. The Hall–Kier alpha value is -2.21. The standard InChI is InChI=1S/C22H27N3O3/c26-20(27)16-8-6-15(7-9-16)19-24-21(25-28-19)22(10-11-22)13-23-18-12-17(18)14-4-2-1-3-5-14/h1-5,15-18,23H,6-13H2,(H,26,27)/t15-,16+,17-,18?/m1/s1. The SMILES string of the molecule is O=C(O)[C@H]1CC[C@@H](c2nc(C3(CNC4C[C@@H]4c4ccccc4)CC3)no2)CC1. The monoisotopic (exact) mass is 381 g/mol. The fraction of sp³-hybridized carbons (Fsp3) is 0.591. The predicted molar refractivity (Wildman–Crippen MR) is 103 cm³/mol. The molecular formula is C22H27N3O3. The molecule has 3 saturated carbocycles. The lowest BCUT2D eigenvalue weighted by molar-refractivity contribution is -0.142. The molecule has 0 amide bonds. The van der Waals surface area contributed by atoms with Gasteiger partial charge in [0.2, 0.25) is 5.89 Å². The second kappa shape index (κ2) is 6.99. The molecule has 148 valence electrons. The van der Waals surface area contributed by atoms with Gasteiger partial charge in [0, 0.05) is 29.8 Å². The number of hydrogen-bond acceptors (Lipinski definition) is 5. The smallest absolute Gasteiger partial charge is 0.306 e. The molecule has 6 nitrogen and oxygen atoms in total. The van der Waals surface area contributed by atoms with Gasteiger partial charge in [-0.3, -0.25) is 4.79 Å². The molecule has 28 heavy (non-hydrogen) atoms. The van der Waals surface area contributed by atoms with E-state index in [0.29, 0.717) is 30.7 Å². The maximum atomic E-state index is 11.1. The summed E-state index contributed by atoms with van der Waals surface area (Å²) in [7, 11) is 0. The number of benzene rings is 1. The van der Waals surface area contributed by atoms with Crippen molar-refractivity contribution in [2.24, 2.45) is 5.92 Å². The van der Waals surface area contributed by atoms with E-state index in [-0.39, 0.29) is 17.3 Å². The van der Waals surface area contributed by atoms with Gasteiger partial charge in [-0.2, -0.15) is 4.98 Å². The topological polar surface area (TPSA) is 88.2 Å². The summed E-state index contributed by atoms with van der Waals surface area (Å²) in [6.07, 6.45) is 6.46. The van der Waals surface area contributed by atoms with Gasteiger partial charge in [-0.25, -0.2) is 0 Å². The largest absolute Gasteiger partial charge is 0.481 e. The summed E-state index contributed by atoms with van der Waals surface area (Å²) in [5.41, 5.74) is 1.45. The van der Waals surface area contributed by atoms with Crippen LogP contribution in [0.4, 0.5) is 0 Å². The first-order valence-corrected chi connectivity index (χ1v) is 10.5. The van der Waals surface area contributed by atoms with E-state index in [0.717, 1.165) is 38.1 Å². The van der Waals surface area contributed by atoms with Crippen molar-refractivity contribution in [1.82, 2.24) is 15.5 Å². The molecule has 2 aromatic rings. The fourth-order valence-electron chi connectivity index (χ4n) is 4.65. The van der Waals surface area contributed by atoms with Crippen LogP contribution in [0.5, 0.6) is 0 Å². The zero-order chi connectivity index (χ0) is 19.1. The van der Waals surface area contributed by atoms with Crippen molar-refractivity contribution in [3.05, 3.63) is 47.6 Å². The number of aromatic nitrogens is 2. The molecule has 0 aliphatic heterocycles. The number of nitrogens with one attached hydrogen (secondary N) is 1. The van der Waals surface area contributed by atoms with Crippen LogP contribution in [0.1, 0.15) is 74.1 Å². The Morgan fingerprint density at radius 3 is 2.61 bits per heavy atom. The predicted octanol–water partition coefficient (Wildman–Crippen LogP) is 3.61. The highest BCUT2D eigenvalue weighted by Gasteiger charge is 2.50. The molecule has 3 aliphatic rings. The van der Waals surface area contributed by atoms with E-state index in [1.807, 2.05) is 0 Å². The molecule has 2 atom stereocenters. The summed E-state index contributed by atoms with van der Waals surface area (Å²) in [6, 6.07) is 11.3. The van der Waals surface area contributed by atoms with Crippen LogP contribution in [0.15, 0.2) is 34.9 Å². The lowest BCUT2D eigenvalue weighted by atomic mass is 9.82. The van der Waals surface area contributed by atoms with E-state index in [1.54, 1.807) is 0 Å². The van der Waals surface area contributed by atoms with Crippen molar-refractivity contribution in [3.8, 4) is 0 Å². The Morgan fingerprint density at radius 1 is 1.18 bits per heavy atom. The van der Waals surface area contributed by atoms with Gasteiger partial charge in [-0.05, 0) is 50.5 Å². The minimum atomic E-state index is -0.679. The lowest BCUT2D eigenvalue weighted by Crippen LogP contribution is -2.30. The first kappa shape index (κ1) is 17.9. The Morgan fingerprint density at radius 2 is 1.93 bits per heavy atom. The van der Waals surface area contributed by atoms with Crippen molar-refractivity contribution in [2.75, 3.05) is 6.54 Å². The summed E-state index contributed by atoms with van der Waals surface area (Å²) in [4.78, 5) is 15.9. The molecule has 1 aromatic carbocycles. The zero-order valence-electron chi connectivity index (χ0n) is 16.0. The van der Waals surface area contributed by atoms with E-state index < -0.39 is 5.97 Å². The molecular weight excluding hydrogens is 354 g/mol. The maximum absolute atomic E-state index is 11.1. The lowest BCUT2D eigenvalue weighted by Gasteiger charge is -2.23. The molecule has 5 rings (SSSR count). The van der Waals surface area contributed by atoms with Crippen LogP contribution in [0.25, 0.3) is 0 Å². The van der Waals surface area contributed by atoms with Gasteiger partial charge in [0.25, 0.3) is 0 Å². The van der Waals surface area contributed by atoms with Crippen molar-refractivity contribution in [3.63, 3.8) is 0 Å². The van der Waals surface area contributed by atoms with Crippen molar-refractivity contribution in [1.29, 1.82) is 0 Å². The number of carboxylic acid groups (broad SMARTS) is 1. The van der Waals surface area contributed by atoms with Crippen molar-refractivity contribution in [2.45, 2.75) is 68.2 Å². The maximum Gasteiger partial charge on any atom is 0.306 e. The van der Waals surface area contributed by atoms with Gasteiger partial charge in [0.05, 0.1) is 5.92 Å². The van der Waals surface area contributed by atoms with Gasteiger partial charge in [-0.15, -0.1) is 0 Å².